The molecule has 0 aliphatic heterocycles. The summed E-state index contributed by atoms with van der Waals surface area (Å²) in [7, 11) is 0. The zero-order valence-electron chi connectivity index (χ0n) is 12.9. The van der Waals surface area contributed by atoms with Gasteiger partial charge in [-0.05, 0) is 31.4 Å². The fourth-order valence-electron chi connectivity index (χ4n) is 1.78. The second kappa shape index (κ2) is 7.62. The number of benzene rings is 1. The highest BCUT2D eigenvalue weighted by molar-refractivity contribution is 5.35. The molecular weight excluding hydrogens is 254 g/mol. The van der Waals surface area contributed by atoms with Crippen LogP contribution in [-0.2, 0) is 0 Å². The molecular formula is C16H27NO3. The Kier molecular flexibility index (Phi) is 6.46. The van der Waals surface area contributed by atoms with E-state index in [9.17, 15) is 5.11 Å². The lowest BCUT2D eigenvalue weighted by Crippen LogP contribution is -2.47. The highest BCUT2D eigenvalue weighted by Crippen LogP contribution is 2.25. The van der Waals surface area contributed by atoms with Crippen LogP contribution in [0.2, 0.25) is 0 Å². The van der Waals surface area contributed by atoms with Crippen LogP contribution in [0.3, 0.4) is 0 Å². The van der Waals surface area contributed by atoms with E-state index in [1.807, 2.05) is 38.1 Å². The van der Waals surface area contributed by atoms with Gasteiger partial charge >= 0.3 is 0 Å². The van der Waals surface area contributed by atoms with Gasteiger partial charge in [-0.25, -0.2) is 0 Å². The average molecular weight is 281 g/mol. The molecule has 4 nitrogen and oxygen atoms in total. The van der Waals surface area contributed by atoms with Gasteiger partial charge in [0.25, 0.3) is 0 Å². The number of β-amino-alcohol motifs (C(OH)–C–C–N with tert-alkyl or cyclic N) is 1. The summed E-state index contributed by atoms with van der Waals surface area (Å²) in [4.78, 5) is 0. The van der Waals surface area contributed by atoms with Crippen molar-refractivity contribution in [3.8, 4) is 5.75 Å². The molecule has 0 unspecified atom stereocenters. The Morgan fingerprint density at radius 2 is 1.90 bits per heavy atom. The largest absolute Gasteiger partial charge is 0.491 e. The van der Waals surface area contributed by atoms with Crippen molar-refractivity contribution in [2.45, 2.75) is 45.3 Å². The molecule has 0 aromatic heterocycles. The SMILES string of the molecule is CC(C)c1ccccc1OC[C@H](O)CNC(C)(C)CO. The minimum Gasteiger partial charge on any atom is -0.491 e. The zero-order chi connectivity index (χ0) is 15.2. The number of ether oxygens (including phenoxy) is 1. The van der Waals surface area contributed by atoms with Crippen molar-refractivity contribution < 1.29 is 14.9 Å². The summed E-state index contributed by atoms with van der Waals surface area (Å²) in [6.07, 6.45) is -0.610. The monoisotopic (exact) mass is 281 g/mol. The lowest BCUT2D eigenvalue weighted by atomic mass is 10.0. The molecule has 0 fully saturated rings. The van der Waals surface area contributed by atoms with Crippen LogP contribution in [0.25, 0.3) is 0 Å². The molecule has 0 saturated carbocycles. The van der Waals surface area contributed by atoms with E-state index >= 15 is 0 Å². The van der Waals surface area contributed by atoms with Crippen LogP contribution in [0.5, 0.6) is 5.75 Å². The van der Waals surface area contributed by atoms with Gasteiger partial charge in [0, 0.05) is 12.1 Å². The predicted octanol–water partition coefficient (Wildman–Crippen LogP) is 1.91. The minimum absolute atomic E-state index is 0.0246. The smallest absolute Gasteiger partial charge is 0.122 e. The lowest BCUT2D eigenvalue weighted by molar-refractivity contribution is 0.0901. The normalized spacial score (nSPS) is 13.6. The van der Waals surface area contributed by atoms with Crippen LogP contribution in [0.4, 0.5) is 0 Å². The van der Waals surface area contributed by atoms with E-state index in [-0.39, 0.29) is 13.2 Å². The fraction of sp³-hybridized carbons (Fsp3) is 0.625. The molecule has 0 amide bonds. The second-order valence-electron chi connectivity index (χ2n) is 6.08. The summed E-state index contributed by atoms with van der Waals surface area (Å²) in [5, 5.41) is 22.2. The average Bonchev–Trinajstić information content (AvgIpc) is 2.43. The Morgan fingerprint density at radius 1 is 1.25 bits per heavy atom. The summed E-state index contributed by atoms with van der Waals surface area (Å²) in [6.45, 7) is 8.64. The Bertz CT molecular complexity index is 404. The van der Waals surface area contributed by atoms with Crippen molar-refractivity contribution in [2.24, 2.45) is 0 Å². The molecule has 0 radical (unpaired) electrons. The zero-order valence-corrected chi connectivity index (χ0v) is 12.9. The van der Waals surface area contributed by atoms with E-state index in [1.54, 1.807) is 0 Å². The predicted molar refractivity (Wildman–Crippen MR) is 81.2 cm³/mol. The van der Waals surface area contributed by atoms with Crippen LogP contribution >= 0.6 is 0 Å². The molecule has 0 heterocycles. The topological polar surface area (TPSA) is 61.7 Å². The maximum Gasteiger partial charge on any atom is 0.122 e. The Labute approximate surface area is 121 Å². The van der Waals surface area contributed by atoms with Gasteiger partial charge in [-0.2, -0.15) is 0 Å². The molecule has 20 heavy (non-hydrogen) atoms. The van der Waals surface area contributed by atoms with Crippen molar-refractivity contribution in [3.63, 3.8) is 0 Å². The number of hydrogen-bond donors (Lipinski definition) is 3. The Balaban J connectivity index is 2.47. The van der Waals surface area contributed by atoms with Crippen LogP contribution in [-0.4, -0.2) is 41.6 Å². The first-order chi connectivity index (χ1) is 9.35. The van der Waals surface area contributed by atoms with Crippen molar-refractivity contribution in [3.05, 3.63) is 29.8 Å². The maximum absolute atomic E-state index is 9.93. The van der Waals surface area contributed by atoms with E-state index in [4.69, 9.17) is 9.84 Å². The van der Waals surface area contributed by atoms with Gasteiger partial charge in [-0.15, -0.1) is 0 Å². The molecule has 0 saturated heterocycles. The molecule has 1 rings (SSSR count). The van der Waals surface area contributed by atoms with Crippen molar-refractivity contribution in [1.82, 2.24) is 5.32 Å². The van der Waals surface area contributed by atoms with Crippen LogP contribution in [0, 0.1) is 0 Å². The molecule has 3 N–H and O–H groups in total. The third-order valence-electron chi connectivity index (χ3n) is 3.18. The summed E-state index contributed by atoms with van der Waals surface area (Å²) >= 11 is 0. The lowest BCUT2D eigenvalue weighted by Gasteiger charge is -2.25. The van der Waals surface area contributed by atoms with Gasteiger partial charge in [-0.3, -0.25) is 0 Å². The molecule has 0 bridgehead atoms. The minimum atomic E-state index is -0.610. The molecule has 1 aromatic carbocycles. The third kappa shape index (κ3) is 5.49. The van der Waals surface area contributed by atoms with Gasteiger partial charge < -0.3 is 20.3 Å². The molecule has 0 aliphatic carbocycles. The van der Waals surface area contributed by atoms with E-state index in [0.29, 0.717) is 12.5 Å². The standard InChI is InChI=1S/C16H27NO3/c1-12(2)14-7-5-6-8-15(14)20-10-13(19)9-17-16(3,4)11-18/h5-8,12-13,17-19H,9-11H2,1-4H3/t13-/m1/s1. The first-order valence-electron chi connectivity index (χ1n) is 7.11. The number of nitrogens with one attached hydrogen (secondary N) is 1. The summed E-state index contributed by atoms with van der Waals surface area (Å²) in [5.74, 6) is 1.21. The van der Waals surface area contributed by atoms with E-state index < -0.39 is 11.6 Å². The molecule has 0 spiro atoms. The summed E-state index contributed by atoms with van der Waals surface area (Å²) in [6, 6.07) is 7.89. The highest BCUT2D eigenvalue weighted by atomic mass is 16.5. The summed E-state index contributed by atoms with van der Waals surface area (Å²) in [5.41, 5.74) is 0.750. The number of hydrogen-bond acceptors (Lipinski definition) is 4. The number of aliphatic hydroxyl groups is 2. The Morgan fingerprint density at radius 3 is 2.50 bits per heavy atom. The van der Waals surface area contributed by atoms with Gasteiger partial charge in [0.1, 0.15) is 18.5 Å². The number of aliphatic hydroxyl groups excluding tert-OH is 2. The number of rotatable bonds is 8. The molecule has 4 heteroatoms. The first kappa shape index (κ1) is 17.0. The quantitative estimate of drug-likeness (QED) is 0.681. The maximum atomic E-state index is 9.93. The van der Waals surface area contributed by atoms with Crippen LogP contribution < -0.4 is 10.1 Å². The molecule has 114 valence electrons. The van der Waals surface area contributed by atoms with E-state index in [1.165, 1.54) is 0 Å². The van der Waals surface area contributed by atoms with E-state index in [0.717, 1.165) is 11.3 Å². The number of para-hydroxylation sites is 1. The molecule has 0 aliphatic rings. The highest BCUT2D eigenvalue weighted by Gasteiger charge is 2.17. The van der Waals surface area contributed by atoms with Gasteiger partial charge in [0.2, 0.25) is 0 Å². The van der Waals surface area contributed by atoms with Crippen molar-refractivity contribution >= 4 is 0 Å². The summed E-state index contributed by atoms with van der Waals surface area (Å²) < 4.78 is 5.71. The van der Waals surface area contributed by atoms with Crippen molar-refractivity contribution in [1.29, 1.82) is 0 Å². The first-order valence-corrected chi connectivity index (χ1v) is 7.11. The van der Waals surface area contributed by atoms with Crippen molar-refractivity contribution in [2.75, 3.05) is 19.8 Å². The van der Waals surface area contributed by atoms with E-state index in [2.05, 4.69) is 19.2 Å². The molecule has 1 atom stereocenters. The Hall–Kier alpha value is -1.10. The third-order valence-corrected chi connectivity index (χ3v) is 3.18. The van der Waals surface area contributed by atoms with Crippen LogP contribution in [0.15, 0.2) is 24.3 Å². The second-order valence-corrected chi connectivity index (χ2v) is 6.08. The van der Waals surface area contributed by atoms with Gasteiger partial charge in [0.05, 0.1) is 6.61 Å². The van der Waals surface area contributed by atoms with Gasteiger partial charge in [-0.1, -0.05) is 32.0 Å². The molecule has 1 aromatic rings. The van der Waals surface area contributed by atoms with Crippen LogP contribution in [0.1, 0.15) is 39.2 Å². The van der Waals surface area contributed by atoms with Gasteiger partial charge in [0.15, 0.2) is 0 Å². The fourth-order valence-corrected chi connectivity index (χ4v) is 1.78.